The van der Waals surface area contributed by atoms with E-state index in [4.69, 9.17) is 11.6 Å². The summed E-state index contributed by atoms with van der Waals surface area (Å²) in [5.41, 5.74) is 3.19. The molecule has 0 unspecified atom stereocenters. The Morgan fingerprint density at radius 2 is 1.85 bits per heavy atom. The van der Waals surface area contributed by atoms with Crippen molar-refractivity contribution in [3.8, 4) is 0 Å². The maximum atomic E-state index is 11.3. The lowest BCUT2D eigenvalue weighted by molar-refractivity contribution is 0.0697. The topological polar surface area (TPSA) is 40.5 Å². The van der Waals surface area contributed by atoms with Crippen LogP contribution >= 0.6 is 11.6 Å². The van der Waals surface area contributed by atoms with Crippen molar-refractivity contribution < 1.29 is 9.90 Å². The number of halogens is 1. The van der Waals surface area contributed by atoms with Crippen molar-refractivity contribution in [2.75, 3.05) is 11.9 Å². The molecule has 0 fully saturated rings. The number of nitrogens with zero attached hydrogens (tertiary/aromatic N) is 1. The Morgan fingerprint density at radius 1 is 1.20 bits per heavy atom. The first kappa shape index (κ1) is 14.4. The molecule has 0 aromatic heterocycles. The maximum absolute atomic E-state index is 11.3. The van der Waals surface area contributed by atoms with Gasteiger partial charge in [-0.1, -0.05) is 41.4 Å². The summed E-state index contributed by atoms with van der Waals surface area (Å²) in [6.07, 6.45) is 0. The minimum absolute atomic E-state index is 0.254. The Balaban J connectivity index is 2.28. The summed E-state index contributed by atoms with van der Waals surface area (Å²) in [5.74, 6) is -0.951. The summed E-state index contributed by atoms with van der Waals surface area (Å²) < 4.78 is 0. The van der Waals surface area contributed by atoms with Crippen molar-refractivity contribution in [2.45, 2.75) is 13.5 Å². The SMILES string of the molecule is Cc1ccc(CN(C)c2cc(Cl)ccc2C(=O)O)cc1. The molecule has 3 nitrogen and oxygen atoms in total. The van der Waals surface area contributed by atoms with Gasteiger partial charge in [-0.15, -0.1) is 0 Å². The Hall–Kier alpha value is -2.00. The van der Waals surface area contributed by atoms with Crippen LogP contribution in [0.5, 0.6) is 0 Å². The maximum Gasteiger partial charge on any atom is 0.337 e. The van der Waals surface area contributed by atoms with Crippen molar-refractivity contribution >= 4 is 23.3 Å². The molecule has 2 rings (SSSR count). The highest BCUT2D eigenvalue weighted by atomic mass is 35.5. The average molecular weight is 290 g/mol. The van der Waals surface area contributed by atoms with Gasteiger partial charge < -0.3 is 10.0 Å². The summed E-state index contributed by atoms with van der Waals surface area (Å²) in [5, 5.41) is 9.77. The van der Waals surface area contributed by atoms with E-state index in [2.05, 4.69) is 0 Å². The molecular formula is C16H16ClNO2. The first-order valence-electron chi connectivity index (χ1n) is 6.27. The van der Waals surface area contributed by atoms with Gasteiger partial charge in [-0.05, 0) is 30.7 Å². The Kier molecular flexibility index (Phi) is 4.30. The standard InChI is InChI=1S/C16H16ClNO2/c1-11-3-5-12(6-4-11)10-18(2)15-9-13(17)7-8-14(15)16(19)20/h3-9H,10H2,1-2H3,(H,19,20). The molecule has 104 valence electrons. The van der Waals surface area contributed by atoms with E-state index >= 15 is 0 Å². The van der Waals surface area contributed by atoms with Crippen LogP contribution in [0.15, 0.2) is 42.5 Å². The first-order chi connectivity index (χ1) is 9.47. The van der Waals surface area contributed by atoms with Crippen LogP contribution in [-0.2, 0) is 6.54 Å². The van der Waals surface area contributed by atoms with E-state index in [-0.39, 0.29) is 5.56 Å². The predicted octanol–water partition coefficient (Wildman–Crippen LogP) is 3.98. The number of hydrogen-bond donors (Lipinski definition) is 1. The van der Waals surface area contributed by atoms with Gasteiger partial charge in [0, 0.05) is 18.6 Å². The van der Waals surface area contributed by atoms with Crippen LogP contribution in [0, 0.1) is 6.92 Å². The van der Waals surface area contributed by atoms with Crippen molar-refractivity contribution in [2.24, 2.45) is 0 Å². The van der Waals surface area contributed by atoms with E-state index in [0.29, 0.717) is 17.3 Å². The van der Waals surface area contributed by atoms with E-state index in [1.54, 1.807) is 12.1 Å². The van der Waals surface area contributed by atoms with Gasteiger partial charge in [0.15, 0.2) is 0 Å². The van der Waals surface area contributed by atoms with Gasteiger partial charge in [-0.25, -0.2) is 4.79 Å². The molecule has 1 N–H and O–H groups in total. The molecule has 0 atom stereocenters. The first-order valence-corrected chi connectivity index (χ1v) is 6.64. The summed E-state index contributed by atoms with van der Waals surface area (Å²) in [7, 11) is 1.86. The van der Waals surface area contributed by atoms with Crippen LogP contribution < -0.4 is 4.90 Å². The second kappa shape index (κ2) is 5.97. The molecule has 0 saturated carbocycles. The fraction of sp³-hybridized carbons (Fsp3) is 0.188. The van der Waals surface area contributed by atoms with Crippen LogP contribution in [0.4, 0.5) is 5.69 Å². The highest BCUT2D eigenvalue weighted by Gasteiger charge is 2.14. The number of hydrogen-bond acceptors (Lipinski definition) is 2. The summed E-state index contributed by atoms with van der Waals surface area (Å²) >= 11 is 5.97. The summed E-state index contributed by atoms with van der Waals surface area (Å²) in [6.45, 7) is 2.66. The van der Waals surface area contributed by atoms with Crippen LogP contribution in [0.3, 0.4) is 0 Å². The van der Waals surface area contributed by atoms with Crippen molar-refractivity contribution in [3.05, 3.63) is 64.2 Å². The summed E-state index contributed by atoms with van der Waals surface area (Å²) in [4.78, 5) is 13.2. The predicted molar refractivity (Wildman–Crippen MR) is 81.7 cm³/mol. The zero-order valence-corrected chi connectivity index (χ0v) is 12.2. The number of anilines is 1. The molecule has 0 bridgehead atoms. The quantitative estimate of drug-likeness (QED) is 0.925. The lowest BCUT2D eigenvalue weighted by Crippen LogP contribution is -2.19. The van der Waals surface area contributed by atoms with Gasteiger partial charge in [0.1, 0.15) is 0 Å². The van der Waals surface area contributed by atoms with Crippen LogP contribution in [0.2, 0.25) is 5.02 Å². The third kappa shape index (κ3) is 3.31. The molecule has 2 aromatic rings. The Bertz CT molecular complexity index is 623. The van der Waals surface area contributed by atoms with E-state index in [0.717, 1.165) is 5.56 Å². The van der Waals surface area contributed by atoms with E-state index in [1.165, 1.54) is 11.6 Å². The van der Waals surface area contributed by atoms with Crippen molar-refractivity contribution in [3.63, 3.8) is 0 Å². The summed E-state index contributed by atoms with van der Waals surface area (Å²) in [6, 6.07) is 13.0. The van der Waals surface area contributed by atoms with Gasteiger partial charge >= 0.3 is 5.97 Å². The molecular weight excluding hydrogens is 274 g/mol. The Morgan fingerprint density at radius 3 is 2.45 bits per heavy atom. The molecule has 0 radical (unpaired) electrons. The zero-order valence-electron chi connectivity index (χ0n) is 11.4. The molecule has 0 aliphatic carbocycles. The Labute approximate surface area is 123 Å². The number of rotatable bonds is 4. The van der Waals surface area contributed by atoms with Gasteiger partial charge in [0.2, 0.25) is 0 Å². The van der Waals surface area contributed by atoms with Crippen LogP contribution in [0.1, 0.15) is 21.5 Å². The third-order valence-corrected chi connectivity index (χ3v) is 3.38. The normalized spacial score (nSPS) is 10.3. The number of aromatic carboxylic acids is 1. The molecule has 2 aromatic carbocycles. The second-order valence-corrected chi connectivity index (χ2v) is 5.24. The fourth-order valence-corrected chi connectivity index (χ4v) is 2.22. The molecule has 4 heteroatoms. The minimum atomic E-state index is -0.951. The largest absolute Gasteiger partial charge is 0.478 e. The van der Waals surface area contributed by atoms with Crippen LogP contribution in [-0.4, -0.2) is 18.1 Å². The molecule has 0 aliphatic rings. The van der Waals surface area contributed by atoms with E-state index < -0.39 is 5.97 Å². The molecule has 0 saturated heterocycles. The molecule has 0 spiro atoms. The number of carboxylic acid groups (broad SMARTS) is 1. The lowest BCUT2D eigenvalue weighted by Gasteiger charge is -2.21. The lowest BCUT2D eigenvalue weighted by atomic mass is 10.1. The fourth-order valence-electron chi connectivity index (χ4n) is 2.05. The molecule has 0 aliphatic heterocycles. The van der Waals surface area contributed by atoms with Gasteiger partial charge in [-0.3, -0.25) is 0 Å². The monoisotopic (exact) mass is 289 g/mol. The highest BCUT2D eigenvalue weighted by molar-refractivity contribution is 6.31. The number of carbonyl (C=O) groups is 1. The van der Waals surface area contributed by atoms with E-state index in [9.17, 15) is 9.90 Å². The van der Waals surface area contributed by atoms with Crippen LogP contribution in [0.25, 0.3) is 0 Å². The smallest absolute Gasteiger partial charge is 0.337 e. The molecule has 0 heterocycles. The van der Waals surface area contributed by atoms with Crippen molar-refractivity contribution in [1.82, 2.24) is 0 Å². The van der Waals surface area contributed by atoms with Gasteiger partial charge in [0.05, 0.1) is 11.3 Å². The van der Waals surface area contributed by atoms with Gasteiger partial charge in [0.25, 0.3) is 0 Å². The average Bonchev–Trinajstić information content (AvgIpc) is 2.41. The second-order valence-electron chi connectivity index (χ2n) is 4.81. The van der Waals surface area contributed by atoms with Crippen molar-refractivity contribution in [1.29, 1.82) is 0 Å². The number of carboxylic acids is 1. The third-order valence-electron chi connectivity index (χ3n) is 3.14. The number of aryl methyl sites for hydroxylation is 1. The molecule has 20 heavy (non-hydrogen) atoms. The van der Waals surface area contributed by atoms with E-state index in [1.807, 2.05) is 43.1 Å². The minimum Gasteiger partial charge on any atom is -0.478 e. The molecule has 0 amide bonds. The van der Waals surface area contributed by atoms with Gasteiger partial charge in [-0.2, -0.15) is 0 Å². The number of benzene rings is 2. The zero-order chi connectivity index (χ0) is 14.7. The highest BCUT2D eigenvalue weighted by Crippen LogP contribution is 2.25.